The smallest absolute Gasteiger partial charge is 0.165 e. The van der Waals surface area contributed by atoms with Crippen LogP contribution in [0.25, 0.3) is 178 Å². The van der Waals surface area contributed by atoms with Gasteiger partial charge in [-0.2, -0.15) is 5.26 Å². The lowest BCUT2D eigenvalue weighted by molar-refractivity contribution is 1.07. The summed E-state index contributed by atoms with van der Waals surface area (Å²) in [6.07, 6.45) is 0. The number of rotatable bonds is 10. The molecule has 14 aromatic carbocycles. The molecule has 8 nitrogen and oxygen atoms in total. The number of para-hydroxylation sites is 2. The normalized spacial score (nSPS) is 11.8. The second-order valence-electron chi connectivity index (χ2n) is 27.5. The maximum Gasteiger partial charge on any atom is 0.165 e. The standard InChI is InChI=1S/C94H66N8/c1-56-25-43-81-72(49-56)73-50-57(2)26-44-82(73)99(81)67-37-31-62(32-38-67)87-78(55-95)88(63-33-39-68(40-34-63)100-83-45-27-58(3)51-74(83)75-52-59(4)28-46-84(75)100)91(102-79-23-15-13-21-70(79)71-22-14-16-24-80(71)102)89(90(87)94-97-92(65-17-9-7-10-18-65)96-93(98-94)66-19-11-8-12-20-66)64-35-41-69(42-36-64)101-85-47-29-60(5)53-76(85)77-54-61(6)30-48-86(77)101/h7-54H,1-6H3. The van der Waals surface area contributed by atoms with Crippen LogP contribution in [0.4, 0.5) is 0 Å². The number of aromatic nitrogens is 7. The van der Waals surface area contributed by atoms with Crippen molar-refractivity contribution in [3.05, 3.63) is 330 Å². The van der Waals surface area contributed by atoms with Gasteiger partial charge in [0.05, 0.1) is 55.4 Å². The van der Waals surface area contributed by atoms with Crippen molar-refractivity contribution in [1.82, 2.24) is 33.2 Å². The van der Waals surface area contributed by atoms with Crippen LogP contribution in [0.5, 0.6) is 0 Å². The monoisotopic (exact) mass is 1310 g/mol. The molecular formula is C94H66N8. The van der Waals surface area contributed by atoms with Crippen LogP contribution < -0.4 is 0 Å². The SMILES string of the molecule is Cc1ccc2c(c1)c1cc(C)ccc1n2-c1ccc(-c2c(C#N)c(-c3ccc(-n4c5ccc(C)cc5c5cc(C)ccc54)cc3)c(-n3c4ccccc4c4ccccc43)c(-c3ccc(-n4c5ccc(C)cc5c5cc(C)ccc54)cc3)c2-c2nc(-c3ccccc3)nc(-c3ccccc3)n2)cc1. The van der Waals surface area contributed by atoms with Gasteiger partial charge >= 0.3 is 0 Å². The fraction of sp³-hybridized carbons (Fsp3) is 0.0638. The molecule has 0 atom stereocenters. The highest BCUT2D eigenvalue weighted by Crippen LogP contribution is 2.53. The number of hydrogen-bond acceptors (Lipinski definition) is 4. The van der Waals surface area contributed by atoms with Crippen LogP contribution in [-0.4, -0.2) is 33.2 Å². The summed E-state index contributed by atoms with van der Waals surface area (Å²) in [4.78, 5) is 16.8. The lowest BCUT2D eigenvalue weighted by Gasteiger charge is -2.27. The molecule has 0 fully saturated rings. The fourth-order valence-electron chi connectivity index (χ4n) is 16.1. The molecule has 482 valence electrons. The molecule has 0 N–H and O–H groups in total. The van der Waals surface area contributed by atoms with Gasteiger partial charge in [-0.15, -0.1) is 0 Å². The van der Waals surface area contributed by atoms with Gasteiger partial charge in [-0.1, -0.05) is 203 Å². The van der Waals surface area contributed by atoms with Crippen LogP contribution in [0.3, 0.4) is 0 Å². The van der Waals surface area contributed by atoms with Crippen molar-refractivity contribution in [3.63, 3.8) is 0 Å². The van der Waals surface area contributed by atoms with Crippen molar-refractivity contribution in [2.75, 3.05) is 0 Å². The Balaban J connectivity index is 0.975. The Labute approximate surface area is 590 Å². The van der Waals surface area contributed by atoms with Crippen molar-refractivity contribution < 1.29 is 0 Å². The minimum Gasteiger partial charge on any atom is -0.309 e. The zero-order valence-electron chi connectivity index (χ0n) is 57.3. The van der Waals surface area contributed by atoms with Crippen LogP contribution in [0.1, 0.15) is 38.9 Å². The predicted molar refractivity (Wildman–Crippen MR) is 423 cm³/mol. The highest BCUT2D eigenvalue weighted by atomic mass is 15.0. The minimum atomic E-state index is 0.416. The van der Waals surface area contributed by atoms with E-state index in [0.29, 0.717) is 34.2 Å². The Morgan fingerprint density at radius 3 is 0.853 bits per heavy atom. The average Bonchev–Trinajstić information content (AvgIpc) is 1.19. The lowest BCUT2D eigenvalue weighted by atomic mass is 9.81. The molecule has 102 heavy (non-hydrogen) atoms. The molecule has 0 radical (unpaired) electrons. The fourth-order valence-corrected chi connectivity index (χ4v) is 16.1. The highest BCUT2D eigenvalue weighted by Gasteiger charge is 2.33. The molecule has 5 aromatic heterocycles. The predicted octanol–water partition coefficient (Wildman–Crippen LogP) is 24.0. The maximum absolute atomic E-state index is 13.0. The summed E-state index contributed by atoms with van der Waals surface area (Å²) in [6.45, 7) is 13.0. The molecule has 8 heteroatoms. The quantitative estimate of drug-likeness (QED) is 0.137. The first kappa shape index (κ1) is 60.0. The Kier molecular flexibility index (Phi) is 13.8. The molecule has 0 saturated carbocycles. The van der Waals surface area contributed by atoms with E-state index in [9.17, 15) is 5.26 Å². The van der Waals surface area contributed by atoms with Crippen LogP contribution in [0, 0.1) is 52.9 Å². The third-order valence-electron chi connectivity index (χ3n) is 20.8. The molecule has 19 aromatic rings. The molecule has 0 saturated heterocycles. The van der Waals surface area contributed by atoms with E-state index >= 15 is 0 Å². The Morgan fingerprint density at radius 1 is 0.235 bits per heavy atom. The summed E-state index contributed by atoms with van der Waals surface area (Å²) in [5.41, 5.74) is 27.4. The number of hydrogen-bond donors (Lipinski definition) is 0. The Morgan fingerprint density at radius 2 is 0.520 bits per heavy atom. The second kappa shape index (κ2) is 23.5. The number of nitrogens with zero attached hydrogens (tertiary/aromatic N) is 8. The van der Waals surface area contributed by atoms with Crippen molar-refractivity contribution in [3.8, 4) is 96.4 Å². The Hall–Kier alpha value is -13.2. The minimum absolute atomic E-state index is 0.416. The van der Waals surface area contributed by atoms with E-state index in [1.54, 1.807) is 0 Å². The first-order chi connectivity index (χ1) is 50.0. The zero-order chi connectivity index (χ0) is 68.6. The zero-order valence-corrected chi connectivity index (χ0v) is 57.3. The number of aryl methyl sites for hydroxylation is 6. The molecule has 0 unspecified atom stereocenters. The van der Waals surface area contributed by atoms with E-state index in [2.05, 4.69) is 321 Å². The molecule has 0 aliphatic rings. The van der Waals surface area contributed by atoms with Crippen molar-refractivity contribution >= 4 is 87.2 Å². The maximum atomic E-state index is 13.0. The van der Waals surface area contributed by atoms with Gasteiger partial charge in [-0.25, -0.2) is 15.0 Å². The van der Waals surface area contributed by atoms with Crippen molar-refractivity contribution in [1.29, 1.82) is 5.26 Å². The molecule has 0 aliphatic heterocycles. The van der Waals surface area contributed by atoms with Gasteiger partial charge in [0.25, 0.3) is 0 Å². The number of benzene rings is 14. The molecule has 0 spiro atoms. The summed E-state index contributed by atoms with van der Waals surface area (Å²) in [6, 6.07) is 108. The van der Waals surface area contributed by atoms with Crippen LogP contribution in [0.2, 0.25) is 0 Å². The van der Waals surface area contributed by atoms with Gasteiger partial charge in [-0.3, -0.25) is 0 Å². The largest absolute Gasteiger partial charge is 0.309 e. The summed E-state index contributed by atoms with van der Waals surface area (Å²) < 4.78 is 9.55. The van der Waals surface area contributed by atoms with Crippen molar-refractivity contribution in [2.24, 2.45) is 0 Å². The summed E-state index contributed by atoms with van der Waals surface area (Å²) in [5, 5.41) is 22.3. The van der Waals surface area contributed by atoms with Crippen LogP contribution in [0.15, 0.2) is 291 Å². The second-order valence-corrected chi connectivity index (χ2v) is 27.5. The van der Waals surface area contributed by atoms with Gasteiger partial charge in [0.2, 0.25) is 0 Å². The molecule has 0 amide bonds. The molecule has 19 rings (SSSR count). The highest BCUT2D eigenvalue weighted by molar-refractivity contribution is 6.16. The van der Waals surface area contributed by atoms with Crippen LogP contribution >= 0.6 is 0 Å². The van der Waals surface area contributed by atoms with Gasteiger partial charge in [0, 0.05) is 93.5 Å². The lowest BCUT2D eigenvalue weighted by Crippen LogP contribution is -2.10. The first-order valence-corrected chi connectivity index (χ1v) is 34.9. The van der Waals surface area contributed by atoms with E-state index in [-0.39, 0.29) is 0 Å². The van der Waals surface area contributed by atoms with Crippen LogP contribution in [-0.2, 0) is 0 Å². The van der Waals surface area contributed by atoms with Gasteiger partial charge in [0.1, 0.15) is 6.07 Å². The van der Waals surface area contributed by atoms with Crippen molar-refractivity contribution in [2.45, 2.75) is 41.5 Å². The Bertz CT molecular complexity index is 6430. The third-order valence-corrected chi connectivity index (χ3v) is 20.8. The first-order valence-electron chi connectivity index (χ1n) is 34.9. The summed E-state index contributed by atoms with van der Waals surface area (Å²) in [7, 11) is 0. The van der Waals surface area contributed by atoms with E-state index in [1.807, 2.05) is 36.4 Å². The summed E-state index contributed by atoms with van der Waals surface area (Å²) in [5.74, 6) is 1.42. The molecule has 0 bridgehead atoms. The number of fused-ring (bicyclic) bond motifs is 12. The third kappa shape index (κ3) is 9.54. The molecule has 5 heterocycles. The molecule has 0 aliphatic carbocycles. The van der Waals surface area contributed by atoms with E-state index in [1.165, 1.54) is 65.7 Å². The van der Waals surface area contributed by atoms with E-state index in [4.69, 9.17) is 15.0 Å². The van der Waals surface area contributed by atoms with Gasteiger partial charge in [0.15, 0.2) is 17.5 Å². The average molecular weight is 1310 g/mol. The van der Waals surface area contributed by atoms with E-state index in [0.717, 1.165) is 117 Å². The topological polar surface area (TPSA) is 82.2 Å². The summed E-state index contributed by atoms with van der Waals surface area (Å²) >= 11 is 0. The molecular weight excluding hydrogens is 1240 g/mol. The van der Waals surface area contributed by atoms with Gasteiger partial charge < -0.3 is 18.3 Å². The van der Waals surface area contributed by atoms with E-state index < -0.39 is 0 Å². The van der Waals surface area contributed by atoms with Gasteiger partial charge in [-0.05, 0) is 180 Å². The number of nitriles is 1.